The maximum absolute atomic E-state index is 13.0. The molecule has 0 fully saturated rings. The van der Waals surface area contributed by atoms with Crippen LogP contribution in [0.1, 0.15) is 27.3 Å². The third kappa shape index (κ3) is 3.91. The second-order valence-electron chi connectivity index (χ2n) is 7.41. The molecule has 0 spiro atoms. The monoisotopic (exact) mass is 403 g/mol. The van der Waals surface area contributed by atoms with Crippen LogP contribution in [0.2, 0.25) is 0 Å². The van der Waals surface area contributed by atoms with Gasteiger partial charge in [-0.15, -0.1) is 0 Å². The molecule has 1 aromatic carbocycles. The molecule has 0 bridgehead atoms. The predicted molar refractivity (Wildman–Crippen MR) is 117 cm³/mol. The molecule has 7 nitrogen and oxygen atoms in total. The number of H-pyrrole nitrogens is 1. The molecule has 3 heterocycles. The Labute approximate surface area is 174 Å². The van der Waals surface area contributed by atoms with Crippen LogP contribution in [0.3, 0.4) is 0 Å². The van der Waals surface area contributed by atoms with Gasteiger partial charge in [0.1, 0.15) is 11.4 Å². The fourth-order valence-corrected chi connectivity index (χ4v) is 3.72. The Morgan fingerprint density at radius 1 is 1.10 bits per heavy atom. The first kappa shape index (κ1) is 19.7. The zero-order valence-electron chi connectivity index (χ0n) is 17.2. The Kier molecular flexibility index (Phi) is 5.52. The van der Waals surface area contributed by atoms with Gasteiger partial charge in [0.2, 0.25) is 0 Å². The fraction of sp³-hybridized carbons (Fsp3) is 0.261. The smallest absolute Gasteiger partial charge is 0.263 e. The minimum atomic E-state index is -0.336. The van der Waals surface area contributed by atoms with Crippen LogP contribution in [0.5, 0.6) is 0 Å². The van der Waals surface area contributed by atoms with Gasteiger partial charge in [-0.1, -0.05) is 18.2 Å². The van der Waals surface area contributed by atoms with Crippen molar-refractivity contribution >= 4 is 16.8 Å². The number of hydrogen-bond donors (Lipinski definition) is 2. The quantitative estimate of drug-likeness (QED) is 0.498. The van der Waals surface area contributed by atoms with Gasteiger partial charge in [-0.25, -0.2) is 4.98 Å². The third-order valence-electron chi connectivity index (χ3n) is 5.46. The molecule has 2 N–H and O–H groups in total. The molecule has 30 heavy (non-hydrogen) atoms. The molecule has 0 radical (unpaired) electrons. The number of carbonyl (C=O) groups is 1. The van der Waals surface area contributed by atoms with Crippen molar-refractivity contribution in [3.8, 4) is 0 Å². The van der Waals surface area contributed by atoms with Crippen LogP contribution < -0.4 is 10.9 Å². The van der Waals surface area contributed by atoms with Crippen molar-refractivity contribution in [1.82, 2.24) is 24.4 Å². The minimum Gasteiger partial charge on any atom is -0.361 e. The highest BCUT2D eigenvalue weighted by atomic mass is 16.2. The van der Waals surface area contributed by atoms with E-state index in [9.17, 15) is 9.59 Å². The Balaban J connectivity index is 1.46. The first-order valence-corrected chi connectivity index (χ1v) is 10.1. The molecule has 4 rings (SSSR count). The highest BCUT2D eigenvalue weighted by Gasteiger charge is 2.16. The van der Waals surface area contributed by atoms with Gasteiger partial charge >= 0.3 is 0 Å². The molecule has 4 aromatic rings. The highest BCUT2D eigenvalue weighted by Crippen LogP contribution is 2.18. The summed E-state index contributed by atoms with van der Waals surface area (Å²) in [5.74, 6) is 0.552. The molecule has 3 aromatic heterocycles. The van der Waals surface area contributed by atoms with Gasteiger partial charge in [0.15, 0.2) is 0 Å². The molecule has 0 aliphatic heterocycles. The van der Waals surface area contributed by atoms with E-state index in [0.29, 0.717) is 31.6 Å². The summed E-state index contributed by atoms with van der Waals surface area (Å²) in [6.07, 6.45) is 8.04. The molecule has 0 aliphatic carbocycles. The van der Waals surface area contributed by atoms with Crippen LogP contribution in [0, 0.1) is 13.8 Å². The molecule has 0 saturated carbocycles. The van der Waals surface area contributed by atoms with Crippen LogP contribution in [0.4, 0.5) is 0 Å². The van der Waals surface area contributed by atoms with E-state index in [1.165, 1.54) is 0 Å². The molecule has 0 unspecified atom stereocenters. The fourth-order valence-electron chi connectivity index (χ4n) is 3.72. The van der Waals surface area contributed by atoms with Crippen molar-refractivity contribution in [3.63, 3.8) is 0 Å². The van der Waals surface area contributed by atoms with E-state index in [2.05, 4.69) is 21.4 Å². The lowest BCUT2D eigenvalue weighted by Gasteiger charge is -2.12. The van der Waals surface area contributed by atoms with Crippen molar-refractivity contribution in [2.45, 2.75) is 33.4 Å². The number of aromatic nitrogens is 4. The molecule has 0 atom stereocenters. The number of fused-ring (bicyclic) bond motifs is 1. The van der Waals surface area contributed by atoms with Crippen molar-refractivity contribution in [2.75, 3.05) is 6.54 Å². The van der Waals surface area contributed by atoms with Gasteiger partial charge < -0.3 is 19.4 Å². The number of pyridine rings is 1. The summed E-state index contributed by atoms with van der Waals surface area (Å²) in [4.78, 5) is 33.1. The normalized spacial score (nSPS) is 11.1. The number of imidazole rings is 1. The third-order valence-corrected chi connectivity index (χ3v) is 5.46. The zero-order valence-corrected chi connectivity index (χ0v) is 17.2. The molecular weight excluding hydrogens is 378 g/mol. The topological polar surface area (TPSA) is 84.7 Å². The van der Waals surface area contributed by atoms with Crippen molar-refractivity contribution in [3.05, 3.63) is 88.0 Å². The predicted octanol–water partition coefficient (Wildman–Crippen LogP) is 2.82. The maximum Gasteiger partial charge on any atom is 0.263 e. The summed E-state index contributed by atoms with van der Waals surface area (Å²) >= 11 is 0. The second kappa shape index (κ2) is 8.41. The molecule has 0 aliphatic rings. The lowest BCUT2D eigenvalue weighted by molar-refractivity contribution is 0.0949. The Morgan fingerprint density at radius 2 is 1.93 bits per heavy atom. The minimum absolute atomic E-state index is 0.207. The highest BCUT2D eigenvalue weighted by molar-refractivity contribution is 5.95. The van der Waals surface area contributed by atoms with E-state index in [0.717, 1.165) is 22.3 Å². The lowest BCUT2D eigenvalue weighted by Crippen LogP contribution is -2.35. The largest absolute Gasteiger partial charge is 0.361 e. The molecule has 7 heteroatoms. The van der Waals surface area contributed by atoms with Gasteiger partial charge in [-0.05, 0) is 43.5 Å². The lowest BCUT2D eigenvalue weighted by atomic mass is 10.1. The number of carbonyl (C=O) groups excluding carboxylic acids is 1. The van der Waals surface area contributed by atoms with Gasteiger partial charge in [-0.2, -0.15) is 0 Å². The number of hydrogen-bond acceptors (Lipinski definition) is 3. The van der Waals surface area contributed by atoms with Gasteiger partial charge in [0.05, 0.1) is 0 Å². The number of nitrogens with one attached hydrogen (secondary N) is 2. The molecule has 1 amide bonds. The summed E-state index contributed by atoms with van der Waals surface area (Å²) in [5, 5.41) is 4.02. The van der Waals surface area contributed by atoms with E-state index in [1.54, 1.807) is 23.9 Å². The maximum atomic E-state index is 13.0. The summed E-state index contributed by atoms with van der Waals surface area (Å²) in [6, 6.07) is 9.92. The summed E-state index contributed by atoms with van der Waals surface area (Å²) in [7, 11) is 0. The standard InChI is InChI=1S/C23H25N5O2/c1-16-7-11-28(12-8-18-15-26-20-6-4-3-5-19(18)20)23(30)21(16)22(29)25-10-14-27-13-9-24-17(27)2/h3-7,9,11,13,15,26H,8,10,12,14H2,1-2H3,(H,25,29). The summed E-state index contributed by atoms with van der Waals surface area (Å²) in [5.41, 5.74) is 2.86. The van der Waals surface area contributed by atoms with Crippen LogP contribution in [-0.4, -0.2) is 31.6 Å². The van der Waals surface area contributed by atoms with Crippen molar-refractivity contribution < 1.29 is 4.79 Å². The van der Waals surface area contributed by atoms with Crippen LogP contribution in [0.15, 0.2) is 59.9 Å². The number of aromatic amines is 1. The van der Waals surface area contributed by atoms with E-state index < -0.39 is 0 Å². The Bertz CT molecular complexity index is 1250. The average Bonchev–Trinajstić information content (AvgIpc) is 3.34. The molecule has 154 valence electrons. The number of para-hydroxylation sites is 1. The number of benzene rings is 1. The second-order valence-corrected chi connectivity index (χ2v) is 7.41. The average molecular weight is 403 g/mol. The van der Waals surface area contributed by atoms with Crippen LogP contribution >= 0.6 is 0 Å². The number of aryl methyl sites for hydroxylation is 4. The van der Waals surface area contributed by atoms with Crippen LogP contribution in [-0.2, 0) is 19.5 Å². The SMILES string of the molecule is Cc1ccn(CCc2c[nH]c3ccccc23)c(=O)c1C(=O)NCCn1ccnc1C. The first-order valence-electron chi connectivity index (χ1n) is 10.1. The van der Waals surface area contributed by atoms with Crippen LogP contribution in [0.25, 0.3) is 10.9 Å². The Morgan fingerprint density at radius 3 is 2.73 bits per heavy atom. The zero-order chi connectivity index (χ0) is 21.1. The Hall–Kier alpha value is -3.61. The summed E-state index contributed by atoms with van der Waals surface area (Å²) < 4.78 is 3.57. The van der Waals surface area contributed by atoms with E-state index >= 15 is 0 Å². The number of amides is 1. The number of nitrogens with zero attached hydrogens (tertiary/aromatic N) is 3. The van der Waals surface area contributed by atoms with Gasteiger partial charge in [-0.3, -0.25) is 9.59 Å². The van der Waals surface area contributed by atoms with Crippen molar-refractivity contribution in [2.24, 2.45) is 0 Å². The van der Waals surface area contributed by atoms with Gasteiger partial charge in [0, 0.05) is 55.3 Å². The van der Waals surface area contributed by atoms with Crippen molar-refractivity contribution in [1.29, 1.82) is 0 Å². The molecular formula is C23H25N5O2. The van der Waals surface area contributed by atoms with Gasteiger partial charge in [0.25, 0.3) is 11.5 Å². The van der Waals surface area contributed by atoms with E-state index in [4.69, 9.17) is 0 Å². The molecule has 0 saturated heterocycles. The van der Waals surface area contributed by atoms with E-state index in [-0.39, 0.29) is 17.0 Å². The first-order chi connectivity index (χ1) is 14.5. The number of rotatable bonds is 7. The van der Waals surface area contributed by atoms with E-state index in [1.807, 2.05) is 48.1 Å². The summed E-state index contributed by atoms with van der Waals surface area (Å²) in [6.45, 7) is 5.25.